The lowest BCUT2D eigenvalue weighted by molar-refractivity contribution is 0.322. The molecule has 1 saturated carbocycles. The van der Waals surface area contributed by atoms with Gasteiger partial charge in [0, 0.05) is 12.0 Å². The Morgan fingerprint density at radius 3 is 2.80 bits per heavy atom. The fraction of sp³-hybridized carbons (Fsp3) is 0.571. The standard InChI is InChI=1S/C14H19N/c15-10-14(12-7-8-12)9-3-5-11-4-1-2-6-13(11)14/h1-2,4,6,12H,3,5,7-10,15H2. The van der Waals surface area contributed by atoms with Gasteiger partial charge in [0.2, 0.25) is 0 Å². The molecule has 0 saturated heterocycles. The summed E-state index contributed by atoms with van der Waals surface area (Å²) < 4.78 is 0. The Bertz CT molecular complexity index is 367. The zero-order chi connectivity index (χ0) is 10.3. The molecule has 80 valence electrons. The van der Waals surface area contributed by atoms with E-state index in [1.807, 2.05) is 0 Å². The first-order valence-electron chi connectivity index (χ1n) is 6.15. The van der Waals surface area contributed by atoms with Crippen LogP contribution >= 0.6 is 0 Å². The average molecular weight is 201 g/mol. The molecular formula is C14H19N. The summed E-state index contributed by atoms with van der Waals surface area (Å²) >= 11 is 0. The molecule has 1 heteroatoms. The minimum absolute atomic E-state index is 0.342. The van der Waals surface area contributed by atoms with Gasteiger partial charge in [-0.25, -0.2) is 0 Å². The molecule has 1 fully saturated rings. The third-order valence-electron chi connectivity index (χ3n) is 4.35. The van der Waals surface area contributed by atoms with Gasteiger partial charge in [0.15, 0.2) is 0 Å². The van der Waals surface area contributed by atoms with Gasteiger partial charge in [-0.2, -0.15) is 0 Å². The number of fused-ring (bicyclic) bond motifs is 1. The third kappa shape index (κ3) is 1.33. The summed E-state index contributed by atoms with van der Waals surface area (Å²) in [5, 5.41) is 0. The average Bonchev–Trinajstić information content (AvgIpc) is 3.12. The van der Waals surface area contributed by atoms with Crippen molar-refractivity contribution in [2.24, 2.45) is 11.7 Å². The maximum Gasteiger partial charge on any atom is 0.0107 e. The van der Waals surface area contributed by atoms with Gasteiger partial charge in [-0.3, -0.25) is 0 Å². The second-order valence-electron chi connectivity index (χ2n) is 5.15. The van der Waals surface area contributed by atoms with Crippen LogP contribution in [0, 0.1) is 5.92 Å². The van der Waals surface area contributed by atoms with Gasteiger partial charge < -0.3 is 5.73 Å². The Morgan fingerprint density at radius 2 is 2.07 bits per heavy atom. The molecular weight excluding hydrogens is 182 g/mol. The molecule has 3 rings (SSSR count). The van der Waals surface area contributed by atoms with E-state index in [0.29, 0.717) is 5.41 Å². The fourth-order valence-corrected chi connectivity index (χ4v) is 3.39. The Labute approximate surface area is 91.7 Å². The quantitative estimate of drug-likeness (QED) is 0.782. The van der Waals surface area contributed by atoms with E-state index >= 15 is 0 Å². The van der Waals surface area contributed by atoms with Gasteiger partial charge in [0.05, 0.1) is 0 Å². The smallest absolute Gasteiger partial charge is 0.0107 e. The first-order chi connectivity index (χ1) is 7.37. The lowest BCUT2D eigenvalue weighted by atomic mass is 9.67. The Kier molecular flexibility index (Phi) is 2.10. The zero-order valence-corrected chi connectivity index (χ0v) is 9.21. The van der Waals surface area contributed by atoms with Crippen molar-refractivity contribution in [3.63, 3.8) is 0 Å². The highest BCUT2D eigenvalue weighted by atomic mass is 14.7. The van der Waals surface area contributed by atoms with Crippen LogP contribution in [0.2, 0.25) is 0 Å². The number of hydrogen-bond acceptors (Lipinski definition) is 1. The maximum absolute atomic E-state index is 6.09. The first kappa shape index (κ1) is 9.41. The summed E-state index contributed by atoms with van der Waals surface area (Å²) in [4.78, 5) is 0. The lowest BCUT2D eigenvalue weighted by Crippen LogP contribution is -2.40. The highest BCUT2D eigenvalue weighted by Crippen LogP contribution is 2.52. The Balaban J connectivity index is 2.10. The molecule has 2 aliphatic carbocycles. The summed E-state index contributed by atoms with van der Waals surface area (Å²) in [6, 6.07) is 8.95. The van der Waals surface area contributed by atoms with E-state index in [-0.39, 0.29) is 0 Å². The SMILES string of the molecule is NCC1(C2CC2)CCCc2ccccc21. The van der Waals surface area contributed by atoms with Gasteiger partial charge in [0.25, 0.3) is 0 Å². The van der Waals surface area contributed by atoms with Gasteiger partial charge in [0.1, 0.15) is 0 Å². The van der Waals surface area contributed by atoms with E-state index in [4.69, 9.17) is 5.73 Å². The molecule has 1 aromatic rings. The summed E-state index contributed by atoms with van der Waals surface area (Å²) in [5.41, 5.74) is 9.56. The zero-order valence-electron chi connectivity index (χ0n) is 9.21. The molecule has 0 amide bonds. The van der Waals surface area contributed by atoms with Crippen molar-refractivity contribution < 1.29 is 0 Å². The van der Waals surface area contributed by atoms with Crippen LogP contribution in [-0.4, -0.2) is 6.54 Å². The number of nitrogens with two attached hydrogens (primary N) is 1. The van der Waals surface area contributed by atoms with Crippen molar-refractivity contribution in [1.82, 2.24) is 0 Å². The van der Waals surface area contributed by atoms with Crippen molar-refractivity contribution >= 4 is 0 Å². The molecule has 15 heavy (non-hydrogen) atoms. The van der Waals surface area contributed by atoms with Gasteiger partial charge in [-0.05, 0) is 49.1 Å². The third-order valence-corrected chi connectivity index (χ3v) is 4.35. The van der Waals surface area contributed by atoms with Crippen molar-refractivity contribution in [3.8, 4) is 0 Å². The van der Waals surface area contributed by atoms with Crippen LogP contribution in [0.3, 0.4) is 0 Å². The number of rotatable bonds is 2. The van der Waals surface area contributed by atoms with Gasteiger partial charge in [-0.15, -0.1) is 0 Å². The summed E-state index contributed by atoms with van der Waals surface area (Å²) in [6.07, 6.45) is 6.68. The number of hydrogen-bond donors (Lipinski definition) is 1. The predicted octanol–water partition coefficient (Wildman–Crippen LogP) is 2.63. The second kappa shape index (κ2) is 3.34. The maximum atomic E-state index is 6.09. The molecule has 1 atom stereocenters. The van der Waals surface area contributed by atoms with Crippen LogP contribution in [-0.2, 0) is 11.8 Å². The molecule has 1 aromatic carbocycles. The van der Waals surface area contributed by atoms with Crippen molar-refractivity contribution in [1.29, 1.82) is 0 Å². The molecule has 0 spiro atoms. The number of benzene rings is 1. The normalized spacial score (nSPS) is 29.9. The van der Waals surface area contributed by atoms with Crippen molar-refractivity contribution in [2.45, 2.75) is 37.5 Å². The van der Waals surface area contributed by atoms with Crippen LogP contribution in [0.1, 0.15) is 36.8 Å². The molecule has 1 nitrogen and oxygen atoms in total. The van der Waals surface area contributed by atoms with E-state index in [1.165, 1.54) is 32.1 Å². The molecule has 1 unspecified atom stereocenters. The minimum Gasteiger partial charge on any atom is -0.330 e. The van der Waals surface area contributed by atoms with E-state index in [2.05, 4.69) is 24.3 Å². The van der Waals surface area contributed by atoms with Crippen LogP contribution in [0.4, 0.5) is 0 Å². The van der Waals surface area contributed by atoms with Crippen molar-refractivity contribution in [3.05, 3.63) is 35.4 Å². The minimum atomic E-state index is 0.342. The summed E-state index contributed by atoms with van der Waals surface area (Å²) in [6.45, 7) is 0.842. The molecule has 0 heterocycles. The fourth-order valence-electron chi connectivity index (χ4n) is 3.39. The van der Waals surface area contributed by atoms with Crippen LogP contribution < -0.4 is 5.73 Å². The van der Waals surface area contributed by atoms with Crippen molar-refractivity contribution in [2.75, 3.05) is 6.54 Å². The molecule has 0 aliphatic heterocycles. The Morgan fingerprint density at radius 1 is 1.27 bits per heavy atom. The monoisotopic (exact) mass is 201 g/mol. The summed E-state index contributed by atoms with van der Waals surface area (Å²) in [5.74, 6) is 0.879. The van der Waals surface area contributed by atoms with Gasteiger partial charge >= 0.3 is 0 Å². The largest absolute Gasteiger partial charge is 0.330 e. The highest BCUT2D eigenvalue weighted by Gasteiger charge is 2.47. The Hall–Kier alpha value is -0.820. The summed E-state index contributed by atoms with van der Waals surface area (Å²) in [7, 11) is 0. The molecule has 0 aromatic heterocycles. The van der Waals surface area contributed by atoms with Crippen LogP contribution in [0.15, 0.2) is 24.3 Å². The molecule has 0 bridgehead atoms. The van der Waals surface area contributed by atoms with Crippen LogP contribution in [0.5, 0.6) is 0 Å². The van der Waals surface area contributed by atoms with E-state index in [1.54, 1.807) is 11.1 Å². The topological polar surface area (TPSA) is 26.0 Å². The highest BCUT2D eigenvalue weighted by molar-refractivity contribution is 5.39. The second-order valence-corrected chi connectivity index (χ2v) is 5.15. The van der Waals surface area contributed by atoms with E-state index in [0.717, 1.165) is 12.5 Å². The molecule has 0 radical (unpaired) electrons. The lowest BCUT2D eigenvalue weighted by Gasteiger charge is -2.39. The first-order valence-corrected chi connectivity index (χ1v) is 6.15. The molecule has 2 N–H and O–H groups in total. The van der Waals surface area contributed by atoms with Gasteiger partial charge in [-0.1, -0.05) is 24.3 Å². The van der Waals surface area contributed by atoms with Crippen LogP contribution in [0.25, 0.3) is 0 Å². The molecule has 2 aliphatic rings. The van der Waals surface area contributed by atoms with E-state index < -0.39 is 0 Å². The predicted molar refractivity (Wildman–Crippen MR) is 62.8 cm³/mol. The number of aryl methyl sites for hydroxylation is 1. The van der Waals surface area contributed by atoms with E-state index in [9.17, 15) is 0 Å².